The van der Waals surface area contributed by atoms with Crippen molar-refractivity contribution in [2.24, 2.45) is 0 Å². The Morgan fingerprint density at radius 1 is 1.31 bits per heavy atom. The van der Waals surface area contributed by atoms with Crippen LogP contribution in [0.15, 0.2) is 35.3 Å². The third kappa shape index (κ3) is 2.99. The van der Waals surface area contributed by atoms with Crippen LogP contribution >= 0.6 is 0 Å². The molecule has 164 valence electrons. The number of nitrogens with one attached hydrogen (secondary N) is 3. The van der Waals surface area contributed by atoms with Gasteiger partial charge in [-0.1, -0.05) is 6.07 Å². The van der Waals surface area contributed by atoms with E-state index in [0.717, 1.165) is 24.1 Å². The van der Waals surface area contributed by atoms with Gasteiger partial charge >= 0.3 is 0 Å². The normalized spacial score (nSPS) is 21.7. The number of amides is 1. The van der Waals surface area contributed by atoms with Gasteiger partial charge in [0.25, 0.3) is 5.56 Å². The number of carbonyl (C=O) groups is 1. The minimum atomic E-state index is -0.630. The van der Waals surface area contributed by atoms with Crippen molar-refractivity contribution in [3.63, 3.8) is 0 Å². The zero-order chi connectivity index (χ0) is 22.5. The molecule has 2 aliphatic heterocycles. The number of carbonyl (C=O) groups excluding carboxylic acids is 1. The standard InChI is InChI=1S/C23H24N6O3/c1-22(2)15-5-4-14(12-16(15)27-21(22)31)26-19-18-17(6-10-25-20(18)30)29(28-19)23(8-9-24)7-3-11-32-13-23/h4-6,10,12H,3,7-8,11,13H2,1-2H3,(H,25,30)(H,26,28)(H,27,31). The second kappa shape index (κ2) is 7.21. The number of aromatic amines is 1. The third-order valence-corrected chi connectivity index (χ3v) is 6.53. The Kier molecular flexibility index (Phi) is 4.57. The van der Waals surface area contributed by atoms with Crippen LogP contribution in [-0.4, -0.2) is 33.9 Å². The number of anilines is 3. The van der Waals surface area contributed by atoms with E-state index in [0.29, 0.717) is 35.6 Å². The summed E-state index contributed by atoms with van der Waals surface area (Å²) in [4.78, 5) is 27.8. The first kappa shape index (κ1) is 20.3. The van der Waals surface area contributed by atoms with E-state index in [9.17, 15) is 14.9 Å². The van der Waals surface area contributed by atoms with Crippen molar-refractivity contribution in [2.45, 2.75) is 44.1 Å². The summed E-state index contributed by atoms with van der Waals surface area (Å²) in [5.41, 5.74) is 1.52. The molecule has 0 saturated carbocycles. The molecule has 1 atom stereocenters. The van der Waals surface area contributed by atoms with Gasteiger partial charge in [-0.05, 0) is 50.5 Å². The average Bonchev–Trinajstić information content (AvgIpc) is 3.25. The molecule has 4 heterocycles. The van der Waals surface area contributed by atoms with Gasteiger partial charge in [-0.2, -0.15) is 10.4 Å². The zero-order valence-corrected chi connectivity index (χ0v) is 18.0. The quantitative estimate of drug-likeness (QED) is 0.582. The van der Waals surface area contributed by atoms with E-state index >= 15 is 0 Å². The number of benzene rings is 1. The largest absolute Gasteiger partial charge is 0.379 e. The summed E-state index contributed by atoms with van der Waals surface area (Å²) in [6, 6.07) is 9.69. The highest BCUT2D eigenvalue weighted by Crippen LogP contribution is 2.40. The number of nitriles is 1. The van der Waals surface area contributed by atoms with Crippen LogP contribution in [0.4, 0.5) is 17.2 Å². The molecular weight excluding hydrogens is 408 g/mol. The number of nitrogens with zero attached hydrogens (tertiary/aromatic N) is 3. The fraction of sp³-hybridized carbons (Fsp3) is 0.391. The molecular formula is C23H24N6O3. The second-order valence-corrected chi connectivity index (χ2v) is 9.01. The summed E-state index contributed by atoms with van der Waals surface area (Å²) >= 11 is 0. The average molecular weight is 432 g/mol. The van der Waals surface area contributed by atoms with E-state index in [1.54, 1.807) is 16.9 Å². The lowest BCUT2D eigenvalue weighted by Crippen LogP contribution is -2.42. The predicted octanol–water partition coefficient (Wildman–Crippen LogP) is 3.12. The van der Waals surface area contributed by atoms with Gasteiger partial charge in [-0.15, -0.1) is 0 Å². The number of ether oxygens (including phenoxy) is 1. The molecule has 1 unspecified atom stereocenters. The van der Waals surface area contributed by atoms with Crippen LogP contribution < -0.4 is 16.2 Å². The van der Waals surface area contributed by atoms with Gasteiger partial charge in [0.15, 0.2) is 5.82 Å². The Balaban J connectivity index is 1.61. The SMILES string of the molecule is CC1(C)C(=O)Nc2cc(Nc3nn(C4(CC#N)CCCOC4)c4cc[nH]c(=O)c34)ccc21. The zero-order valence-electron chi connectivity index (χ0n) is 18.0. The molecule has 2 aromatic heterocycles. The predicted molar refractivity (Wildman–Crippen MR) is 120 cm³/mol. The molecule has 5 rings (SSSR count). The number of fused-ring (bicyclic) bond motifs is 2. The molecule has 9 heteroatoms. The Morgan fingerprint density at radius 2 is 2.16 bits per heavy atom. The fourth-order valence-corrected chi connectivity index (χ4v) is 4.70. The smallest absolute Gasteiger partial charge is 0.261 e. The third-order valence-electron chi connectivity index (χ3n) is 6.53. The van der Waals surface area contributed by atoms with Crippen LogP contribution in [0.5, 0.6) is 0 Å². The van der Waals surface area contributed by atoms with E-state index < -0.39 is 11.0 Å². The number of rotatable bonds is 4. The van der Waals surface area contributed by atoms with Crippen LogP contribution in [0, 0.1) is 11.3 Å². The maximum atomic E-state index is 12.8. The van der Waals surface area contributed by atoms with E-state index in [2.05, 4.69) is 21.7 Å². The maximum Gasteiger partial charge on any atom is 0.261 e. The molecule has 0 bridgehead atoms. The summed E-state index contributed by atoms with van der Waals surface area (Å²) in [7, 11) is 0. The summed E-state index contributed by atoms with van der Waals surface area (Å²) in [5.74, 6) is 0.347. The molecule has 2 aliphatic rings. The lowest BCUT2D eigenvalue weighted by Gasteiger charge is -2.35. The first-order chi connectivity index (χ1) is 15.4. The number of hydrogen-bond acceptors (Lipinski definition) is 6. The minimum Gasteiger partial charge on any atom is -0.379 e. The van der Waals surface area contributed by atoms with Crippen molar-refractivity contribution in [1.82, 2.24) is 14.8 Å². The highest BCUT2D eigenvalue weighted by molar-refractivity contribution is 6.06. The van der Waals surface area contributed by atoms with Crippen molar-refractivity contribution < 1.29 is 9.53 Å². The Labute approximate surface area is 184 Å². The molecule has 3 aromatic rings. The first-order valence-corrected chi connectivity index (χ1v) is 10.6. The molecule has 1 fully saturated rings. The Morgan fingerprint density at radius 3 is 2.91 bits per heavy atom. The summed E-state index contributed by atoms with van der Waals surface area (Å²) in [6.45, 7) is 4.78. The van der Waals surface area contributed by atoms with Gasteiger partial charge in [0.2, 0.25) is 5.91 Å². The molecule has 0 aliphatic carbocycles. The Hall–Kier alpha value is -3.64. The minimum absolute atomic E-state index is 0.0495. The molecule has 0 spiro atoms. The first-order valence-electron chi connectivity index (χ1n) is 10.6. The molecule has 3 N–H and O–H groups in total. The maximum absolute atomic E-state index is 12.8. The van der Waals surface area contributed by atoms with Gasteiger partial charge in [-0.25, -0.2) is 0 Å². The van der Waals surface area contributed by atoms with Crippen molar-refractivity contribution in [2.75, 3.05) is 23.8 Å². The molecule has 0 radical (unpaired) electrons. The lowest BCUT2D eigenvalue weighted by atomic mass is 9.86. The van der Waals surface area contributed by atoms with E-state index in [4.69, 9.17) is 9.84 Å². The summed E-state index contributed by atoms with van der Waals surface area (Å²) in [5, 5.41) is 20.9. The molecule has 1 aromatic carbocycles. The van der Waals surface area contributed by atoms with Crippen LogP contribution in [0.2, 0.25) is 0 Å². The Bertz CT molecular complexity index is 1320. The van der Waals surface area contributed by atoms with Crippen LogP contribution in [0.3, 0.4) is 0 Å². The molecule has 32 heavy (non-hydrogen) atoms. The molecule has 1 saturated heterocycles. The molecule has 9 nitrogen and oxygen atoms in total. The van der Waals surface area contributed by atoms with Gasteiger partial charge in [0, 0.05) is 24.2 Å². The number of hydrogen-bond donors (Lipinski definition) is 3. The van der Waals surface area contributed by atoms with Gasteiger partial charge in [0.1, 0.15) is 5.39 Å². The fourth-order valence-electron chi connectivity index (χ4n) is 4.70. The molecule has 1 amide bonds. The second-order valence-electron chi connectivity index (χ2n) is 9.01. The van der Waals surface area contributed by atoms with Gasteiger partial charge < -0.3 is 20.4 Å². The van der Waals surface area contributed by atoms with Crippen LogP contribution in [0.1, 0.15) is 38.7 Å². The summed E-state index contributed by atoms with van der Waals surface area (Å²) < 4.78 is 7.50. The number of H-pyrrole nitrogens is 1. The highest BCUT2D eigenvalue weighted by atomic mass is 16.5. The lowest BCUT2D eigenvalue weighted by molar-refractivity contribution is -0.119. The topological polar surface area (TPSA) is 125 Å². The van der Waals surface area contributed by atoms with E-state index in [1.807, 2.05) is 32.0 Å². The number of pyridine rings is 1. The van der Waals surface area contributed by atoms with Crippen molar-refractivity contribution in [3.8, 4) is 6.07 Å². The van der Waals surface area contributed by atoms with Gasteiger partial charge in [-0.3, -0.25) is 14.3 Å². The highest BCUT2D eigenvalue weighted by Gasteiger charge is 2.39. The van der Waals surface area contributed by atoms with Crippen molar-refractivity contribution >= 4 is 34.0 Å². The van der Waals surface area contributed by atoms with Crippen molar-refractivity contribution in [3.05, 3.63) is 46.4 Å². The van der Waals surface area contributed by atoms with Crippen LogP contribution in [0.25, 0.3) is 10.9 Å². The van der Waals surface area contributed by atoms with Gasteiger partial charge in [0.05, 0.1) is 35.6 Å². The monoisotopic (exact) mass is 432 g/mol. The van der Waals surface area contributed by atoms with Crippen molar-refractivity contribution in [1.29, 1.82) is 5.26 Å². The summed E-state index contributed by atoms with van der Waals surface area (Å²) in [6.07, 6.45) is 3.37. The van der Waals surface area contributed by atoms with E-state index in [1.165, 1.54) is 0 Å². The van der Waals surface area contributed by atoms with E-state index in [-0.39, 0.29) is 17.9 Å². The van der Waals surface area contributed by atoms with Crippen LogP contribution in [-0.2, 0) is 20.5 Å². The number of aromatic nitrogens is 3.